The summed E-state index contributed by atoms with van der Waals surface area (Å²) in [6, 6.07) is 2.71. The molecule has 2 heterocycles. The molecule has 4 rings (SSSR count). The van der Waals surface area contributed by atoms with E-state index >= 15 is 0 Å². The van der Waals surface area contributed by atoms with Crippen LogP contribution in [-0.4, -0.2) is 47.7 Å². The minimum atomic E-state index is -4.55. The molecule has 1 aliphatic carbocycles. The zero-order valence-electron chi connectivity index (χ0n) is 19.3. The van der Waals surface area contributed by atoms with Gasteiger partial charge < -0.3 is 15.8 Å². The number of anilines is 2. The van der Waals surface area contributed by atoms with Gasteiger partial charge in [-0.2, -0.15) is 17.5 Å². The number of hydrogen-bond acceptors (Lipinski definition) is 7. The van der Waals surface area contributed by atoms with Crippen LogP contribution in [0.3, 0.4) is 0 Å². The molecule has 0 radical (unpaired) electrons. The van der Waals surface area contributed by atoms with Gasteiger partial charge in [0.25, 0.3) is 0 Å². The third kappa shape index (κ3) is 4.93. The van der Waals surface area contributed by atoms with Crippen molar-refractivity contribution in [2.45, 2.75) is 56.1 Å². The molecule has 8 nitrogen and oxygen atoms in total. The van der Waals surface area contributed by atoms with Crippen molar-refractivity contribution in [3.8, 4) is 0 Å². The highest BCUT2D eigenvalue weighted by molar-refractivity contribution is 7.90. The van der Waals surface area contributed by atoms with E-state index in [1.807, 2.05) is 0 Å². The number of rotatable bonds is 7. The van der Waals surface area contributed by atoms with Crippen molar-refractivity contribution in [3.63, 3.8) is 0 Å². The van der Waals surface area contributed by atoms with Gasteiger partial charge in [0, 0.05) is 37.9 Å². The van der Waals surface area contributed by atoms with E-state index in [4.69, 9.17) is 22.1 Å². The maximum absolute atomic E-state index is 13.5. The summed E-state index contributed by atoms with van der Waals surface area (Å²) in [6.07, 6.45) is -2.34. The van der Waals surface area contributed by atoms with E-state index in [2.05, 4.69) is 15.3 Å². The lowest BCUT2D eigenvalue weighted by Gasteiger charge is -2.44. The van der Waals surface area contributed by atoms with Crippen LogP contribution in [0.15, 0.2) is 18.2 Å². The maximum atomic E-state index is 13.5. The second-order valence-corrected chi connectivity index (χ2v) is 11.7. The predicted octanol–water partition coefficient (Wildman–Crippen LogP) is 4.16. The van der Waals surface area contributed by atoms with Gasteiger partial charge in [0.05, 0.1) is 23.9 Å². The smallest absolute Gasteiger partial charge is 0.399 e. The van der Waals surface area contributed by atoms with Crippen molar-refractivity contribution in [1.29, 1.82) is 0 Å². The summed E-state index contributed by atoms with van der Waals surface area (Å²) in [7, 11) is -2.19. The van der Waals surface area contributed by atoms with Gasteiger partial charge in [0.2, 0.25) is 15.3 Å². The van der Waals surface area contributed by atoms with E-state index in [0.29, 0.717) is 36.1 Å². The van der Waals surface area contributed by atoms with Gasteiger partial charge in [0.1, 0.15) is 10.6 Å². The number of nitrogens with two attached hydrogens (primary N) is 1. The molecule has 13 heteroatoms. The Kier molecular flexibility index (Phi) is 6.95. The van der Waals surface area contributed by atoms with Crippen LogP contribution in [-0.2, 0) is 33.9 Å². The highest BCUT2D eigenvalue weighted by atomic mass is 35.5. The van der Waals surface area contributed by atoms with Gasteiger partial charge >= 0.3 is 6.18 Å². The van der Waals surface area contributed by atoms with Crippen LogP contribution in [0.1, 0.15) is 54.6 Å². The summed E-state index contributed by atoms with van der Waals surface area (Å²) in [5.74, 6) is 0.276. The Bertz CT molecular complexity index is 1220. The lowest BCUT2D eigenvalue weighted by atomic mass is 9.85. The second-order valence-electron chi connectivity index (χ2n) is 9.08. The molecule has 2 aromatic rings. The number of nitrogens with zero attached hydrogens (tertiary/aromatic N) is 3. The average molecular weight is 534 g/mol. The maximum Gasteiger partial charge on any atom is 0.416 e. The monoisotopic (exact) mass is 533 g/mol. The van der Waals surface area contributed by atoms with Crippen LogP contribution in [0, 0.1) is 0 Å². The molecule has 1 atom stereocenters. The van der Waals surface area contributed by atoms with Gasteiger partial charge in [-0.3, -0.25) is 0 Å². The number of nitrogen functional groups attached to an aromatic ring is 1. The molecular formula is C22H27ClF3N5O3S. The molecule has 1 fully saturated rings. The molecule has 192 valence electrons. The third-order valence-electron chi connectivity index (χ3n) is 6.72. The van der Waals surface area contributed by atoms with Crippen LogP contribution in [0.2, 0.25) is 5.28 Å². The third-order valence-corrected chi connectivity index (χ3v) is 9.50. The Hall–Kier alpha value is -2.15. The van der Waals surface area contributed by atoms with Gasteiger partial charge in [-0.15, -0.1) is 0 Å². The first-order valence-electron chi connectivity index (χ1n) is 11.1. The Morgan fingerprint density at radius 1 is 1.29 bits per heavy atom. The number of methoxy groups -OCH3 is 1. The van der Waals surface area contributed by atoms with E-state index in [-0.39, 0.29) is 36.5 Å². The van der Waals surface area contributed by atoms with Crippen molar-refractivity contribution in [3.05, 3.63) is 45.9 Å². The number of fused-ring (bicyclic) bond motifs is 1. The zero-order chi connectivity index (χ0) is 25.6. The summed E-state index contributed by atoms with van der Waals surface area (Å²) in [5, 5.41) is 3.06. The highest BCUT2D eigenvalue weighted by Crippen LogP contribution is 2.43. The number of alkyl halides is 3. The van der Waals surface area contributed by atoms with Crippen LogP contribution in [0.25, 0.3) is 0 Å². The minimum Gasteiger partial charge on any atom is -0.399 e. The molecule has 2 aliphatic rings. The Morgan fingerprint density at radius 3 is 2.60 bits per heavy atom. The van der Waals surface area contributed by atoms with Crippen molar-refractivity contribution in [2.24, 2.45) is 0 Å². The van der Waals surface area contributed by atoms with Gasteiger partial charge in [-0.25, -0.2) is 18.4 Å². The van der Waals surface area contributed by atoms with Crippen LogP contribution in [0.4, 0.5) is 24.7 Å². The first-order valence-corrected chi connectivity index (χ1v) is 13.0. The number of sulfonamides is 1. The number of halogens is 4. The van der Waals surface area contributed by atoms with Gasteiger partial charge in [-0.05, 0) is 55.1 Å². The molecule has 1 saturated carbocycles. The molecule has 35 heavy (non-hydrogen) atoms. The largest absolute Gasteiger partial charge is 0.416 e. The Balaban J connectivity index is 1.64. The van der Waals surface area contributed by atoms with Crippen LogP contribution in [0.5, 0.6) is 0 Å². The lowest BCUT2D eigenvalue weighted by molar-refractivity contribution is -0.137. The Labute approximate surface area is 207 Å². The van der Waals surface area contributed by atoms with Crippen molar-refractivity contribution in [1.82, 2.24) is 14.3 Å². The molecule has 3 N–H and O–H groups in total. The summed E-state index contributed by atoms with van der Waals surface area (Å²) >= 11 is 6.11. The molecule has 0 saturated heterocycles. The summed E-state index contributed by atoms with van der Waals surface area (Å²) in [6.45, 7) is 2.05. The fourth-order valence-corrected chi connectivity index (χ4v) is 7.08. The highest BCUT2D eigenvalue weighted by Gasteiger charge is 2.52. The first kappa shape index (κ1) is 25.9. The number of nitrogens with one attached hydrogen (secondary N) is 1. The van der Waals surface area contributed by atoms with Crippen molar-refractivity contribution in [2.75, 3.05) is 31.3 Å². The Morgan fingerprint density at radius 2 is 2.00 bits per heavy atom. The van der Waals surface area contributed by atoms with E-state index in [1.54, 1.807) is 6.92 Å². The summed E-state index contributed by atoms with van der Waals surface area (Å²) in [4.78, 5) is 8.50. The predicted molar refractivity (Wildman–Crippen MR) is 126 cm³/mol. The molecule has 1 aromatic heterocycles. The standard InChI is InChI=1S/C22H27ClF3N5O3S/c1-13(14-8-15(22(24,25)26)10-16(27)9-14)28-19-17-11-31(7-4-18(17)29-20(23)30-19)35(32,33)21(12-34-2)5-3-6-21/h8-10,13H,3-7,11-12,27H2,1-2H3,(H,28,29,30). The van der Waals surface area contributed by atoms with Gasteiger partial charge in [-0.1, -0.05) is 6.42 Å². The van der Waals surface area contributed by atoms with E-state index < -0.39 is 32.6 Å². The molecular weight excluding hydrogens is 507 g/mol. The normalized spacial score (nSPS) is 19.0. The van der Waals surface area contributed by atoms with Crippen LogP contribution < -0.4 is 11.1 Å². The number of ether oxygens (including phenoxy) is 1. The fraction of sp³-hybridized carbons (Fsp3) is 0.545. The van der Waals surface area contributed by atoms with Crippen molar-refractivity contribution >= 4 is 33.1 Å². The molecule has 0 amide bonds. The topological polar surface area (TPSA) is 110 Å². The van der Waals surface area contributed by atoms with E-state index in [0.717, 1.165) is 18.6 Å². The van der Waals surface area contributed by atoms with Crippen molar-refractivity contribution < 1.29 is 26.3 Å². The molecule has 1 aromatic carbocycles. The molecule has 0 bridgehead atoms. The average Bonchev–Trinajstić information content (AvgIpc) is 2.74. The zero-order valence-corrected chi connectivity index (χ0v) is 20.9. The number of aromatic nitrogens is 2. The number of benzene rings is 1. The van der Waals surface area contributed by atoms with Crippen LogP contribution >= 0.6 is 11.6 Å². The number of hydrogen-bond donors (Lipinski definition) is 2. The lowest BCUT2D eigenvalue weighted by Crippen LogP contribution is -2.56. The molecule has 1 aliphatic heterocycles. The second kappa shape index (κ2) is 9.38. The molecule has 0 spiro atoms. The summed E-state index contributed by atoms with van der Waals surface area (Å²) < 4.78 is 72.6. The summed E-state index contributed by atoms with van der Waals surface area (Å²) in [5.41, 5.74) is 6.28. The SMILES string of the molecule is COCC1(S(=O)(=O)N2CCc3nc(Cl)nc(NC(C)c4cc(N)cc(C(F)(F)F)c4)c3C2)CCC1. The molecule has 1 unspecified atom stereocenters. The first-order chi connectivity index (χ1) is 16.4. The van der Waals surface area contributed by atoms with E-state index in [9.17, 15) is 21.6 Å². The quantitative estimate of drug-likeness (QED) is 0.406. The van der Waals surface area contributed by atoms with Gasteiger partial charge in [0.15, 0.2) is 0 Å². The minimum absolute atomic E-state index is 0.0209. The fourth-order valence-electron chi connectivity index (χ4n) is 4.65. The van der Waals surface area contributed by atoms with E-state index in [1.165, 1.54) is 17.5 Å².